The molecule has 3 nitrogen and oxygen atoms in total. The molecule has 0 spiro atoms. The quantitative estimate of drug-likeness (QED) is 0.772. The van der Waals surface area contributed by atoms with Crippen molar-refractivity contribution in [3.63, 3.8) is 0 Å². The number of rotatable bonds is 2. The van der Waals surface area contributed by atoms with Gasteiger partial charge in [-0.15, -0.1) is 0 Å². The van der Waals surface area contributed by atoms with Crippen molar-refractivity contribution < 1.29 is 9.53 Å². The van der Waals surface area contributed by atoms with E-state index in [9.17, 15) is 4.79 Å². The standard InChI is InChI=1S/C16H19NO2/c1-19-16(18)13-7-5-12(6-8-13)14-10-15-4-2-3-9-17(15)11-14/h2-4,9-13H,5-8H2,1H3/t12-,13-. The van der Waals surface area contributed by atoms with Gasteiger partial charge < -0.3 is 9.14 Å². The van der Waals surface area contributed by atoms with Gasteiger partial charge in [-0.1, -0.05) is 6.07 Å². The molecular formula is C16H19NO2. The zero-order valence-electron chi connectivity index (χ0n) is 11.2. The van der Waals surface area contributed by atoms with E-state index in [4.69, 9.17) is 4.74 Å². The molecule has 19 heavy (non-hydrogen) atoms. The molecule has 0 aliphatic heterocycles. The molecule has 3 heteroatoms. The van der Waals surface area contributed by atoms with Crippen LogP contribution in [-0.4, -0.2) is 17.5 Å². The van der Waals surface area contributed by atoms with Crippen LogP contribution in [0.15, 0.2) is 36.7 Å². The Morgan fingerprint density at radius 1 is 1.26 bits per heavy atom. The van der Waals surface area contributed by atoms with Gasteiger partial charge in [-0.2, -0.15) is 0 Å². The lowest BCUT2D eigenvalue weighted by molar-refractivity contribution is -0.146. The Kier molecular flexibility index (Phi) is 3.28. The molecular weight excluding hydrogens is 238 g/mol. The summed E-state index contributed by atoms with van der Waals surface area (Å²) in [6, 6.07) is 8.50. The maximum Gasteiger partial charge on any atom is 0.308 e. The van der Waals surface area contributed by atoms with Crippen LogP contribution < -0.4 is 0 Å². The number of carbonyl (C=O) groups is 1. The Labute approximate surface area is 113 Å². The fourth-order valence-electron chi connectivity index (χ4n) is 3.13. The smallest absolute Gasteiger partial charge is 0.308 e. The Balaban J connectivity index is 1.72. The molecule has 0 radical (unpaired) electrons. The molecule has 0 saturated heterocycles. The first-order chi connectivity index (χ1) is 9.28. The van der Waals surface area contributed by atoms with Gasteiger partial charge in [0.05, 0.1) is 13.0 Å². The lowest BCUT2D eigenvalue weighted by atomic mass is 9.79. The Bertz CT molecular complexity index is 546. The highest BCUT2D eigenvalue weighted by Crippen LogP contribution is 2.36. The molecule has 0 unspecified atom stereocenters. The second kappa shape index (κ2) is 5.08. The van der Waals surface area contributed by atoms with Crippen molar-refractivity contribution >= 4 is 11.5 Å². The lowest BCUT2D eigenvalue weighted by Crippen LogP contribution is -2.21. The Morgan fingerprint density at radius 3 is 2.74 bits per heavy atom. The molecule has 2 aromatic rings. The molecule has 2 heterocycles. The Hall–Kier alpha value is -1.77. The van der Waals surface area contributed by atoms with Crippen LogP contribution in [0.25, 0.3) is 5.52 Å². The van der Waals surface area contributed by atoms with Gasteiger partial charge in [0, 0.05) is 17.9 Å². The van der Waals surface area contributed by atoms with E-state index in [1.807, 2.05) is 6.07 Å². The fourth-order valence-corrected chi connectivity index (χ4v) is 3.13. The number of aromatic nitrogens is 1. The van der Waals surface area contributed by atoms with Crippen LogP contribution >= 0.6 is 0 Å². The zero-order valence-corrected chi connectivity index (χ0v) is 11.2. The van der Waals surface area contributed by atoms with E-state index in [0.717, 1.165) is 25.7 Å². The van der Waals surface area contributed by atoms with Gasteiger partial charge in [-0.05, 0) is 55.4 Å². The minimum atomic E-state index is -0.0412. The number of pyridine rings is 1. The van der Waals surface area contributed by atoms with E-state index < -0.39 is 0 Å². The third-order valence-electron chi connectivity index (χ3n) is 4.26. The van der Waals surface area contributed by atoms with Crippen LogP contribution in [0.3, 0.4) is 0 Å². The predicted octanol–water partition coefficient (Wildman–Crippen LogP) is 3.39. The number of carbonyl (C=O) groups excluding carboxylic acids is 1. The van der Waals surface area contributed by atoms with E-state index in [1.54, 1.807) is 0 Å². The van der Waals surface area contributed by atoms with Crippen molar-refractivity contribution in [2.24, 2.45) is 5.92 Å². The lowest BCUT2D eigenvalue weighted by Gasteiger charge is -2.26. The average molecular weight is 257 g/mol. The number of nitrogens with zero attached hydrogens (tertiary/aromatic N) is 1. The minimum absolute atomic E-state index is 0.0412. The van der Waals surface area contributed by atoms with Gasteiger partial charge in [0.15, 0.2) is 0 Å². The summed E-state index contributed by atoms with van der Waals surface area (Å²) in [5, 5.41) is 0. The first-order valence-corrected chi connectivity index (χ1v) is 6.92. The third kappa shape index (κ3) is 2.37. The van der Waals surface area contributed by atoms with Crippen molar-refractivity contribution in [3.8, 4) is 0 Å². The van der Waals surface area contributed by atoms with Crippen molar-refractivity contribution in [1.29, 1.82) is 0 Å². The van der Waals surface area contributed by atoms with Crippen LogP contribution in [0.5, 0.6) is 0 Å². The van der Waals surface area contributed by atoms with Gasteiger partial charge in [0.25, 0.3) is 0 Å². The van der Waals surface area contributed by atoms with Gasteiger partial charge in [-0.3, -0.25) is 4.79 Å². The molecule has 0 bridgehead atoms. The Morgan fingerprint density at radius 2 is 2.05 bits per heavy atom. The molecule has 1 saturated carbocycles. The van der Waals surface area contributed by atoms with Crippen molar-refractivity contribution in [2.45, 2.75) is 31.6 Å². The second-order valence-electron chi connectivity index (χ2n) is 5.38. The normalized spacial score (nSPS) is 23.4. The fraction of sp³-hybridized carbons (Fsp3) is 0.438. The largest absolute Gasteiger partial charge is 0.469 e. The van der Waals surface area contributed by atoms with Gasteiger partial charge in [0.2, 0.25) is 0 Å². The number of fused-ring (bicyclic) bond motifs is 1. The molecule has 0 aromatic carbocycles. The molecule has 1 fully saturated rings. The van der Waals surface area contributed by atoms with Gasteiger partial charge in [-0.25, -0.2) is 0 Å². The van der Waals surface area contributed by atoms with E-state index >= 15 is 0 Å². The molecule has 1 aliphatic carbocycles. The maximum absolute atomic E-state index is 11.5. The van der Waals surface area contributed by atoms with Gasteiger partial charge >= 0.3 is 5.97 Å². The third-order valence-corrected chi connectivity index (χ3v) is 4.26. The summed E-state index contributed by atoms with van der Waals surface area (Å²) in [6.07, 6.45) is 8.36. The number of ether oxygens (including phenoxy) is 1. The minimum Gasteiger partial charge on any atom is -0.469 e. The SMILES string of the molecule is COC(=O)[C@H]1CC[C@H](c2cc3ccccn3c2)CC1. The maximum atomic E-state index is 11.5. The topological polar surface area (TPSA) is 30.7 Å². The second-order valence-corrected chi connectivity index (χ2v) is 5.38. The number of methoxy groups -OCH3 is 1. The average Bonchev–Trinajstić information content (AvgIpc) is 2.90. The number of hydrogen-bond acceptors (Lipinski definition) is 2. The van der Waals surface area contributed by atoms with Crippen LogP contribution in [0.2, 0.25) is 0 Å². The van der Waals surface area contributed by atoms with Crippen molar-refractivity contribution in [1.82, 2.24) is 4.40 Å². The monoisotopic (exact) mass is 257 g/mol. The van der Waals surface area contributed by atoms with Gasteiger partial charge in [0.1, 0.15) is 0 Å². The van der Waals surface area contributed by atoms with E-state index in [-0.39, 0.29) is 11.9 Å². The van der Waals surface area contributed by atoms with Crippen LogP contribution in [0.1, 0.15) is 37.2 Å². The summed E-state index contributed by atoms with van der Waals surface area (Å²) in [7, 11) is 1.48. The molecule has 0 N–H and O–H groups in total. The van der Waals surface area contributed by atoms with Crippen LogP contribution in [0.4, 0.5) is 0 Å². The molecule has 1 aliphatic rings. The van der Waals surface area contributed by atoms with Crippen LogP contribution in [-0.2, 0) is 9.53 Å². The first-order valence-electron chi connectivity index (χ1n) is 6.92. The number of esters is 1. The van der Waals surface area contributed by atoms with Crippen LogP contribution in [0, 0.1) is 5.92 Å². The summed E-state index contributed by atoms with van der Waals surface area (Å²) in [4.78, 5) is 11.5. The predicted molar refractivity (Wildman–Crippen MR) is 74.1 cm³/mol. The molecule has 0 atom stereocenters. The molecule has 100 valence electrons. The summed E-state index contributed by atoms with van der Waals surface area (Å²) >= 11 is 0. The summed E-state index contributed by atoms with van der Waals surface area (Å²) in [5.74, 6) is 0.652. The van der Waals surface area contributed by atoms with E-state index in [0.29, 0.717) is 5.92 Å². The highest BCUT2D eigenvalue weighted by atomic mass is 16.5. The molecule has 0 amide bonds. The van der Waals surface area contributed by atoms with E-state index in [1.165, 1.54) is 18.2 Å². The zero-order chi connectivity index (χ0) is 13.2. The highest BCUT2D eigenvalue weighted by Gasteiger charge is 2.27. The molecule has 3 rings (SSSR count). The molecule has 2 aromatic heterocycles. The number of hydrogen-bond donors (Lipinski definition) is 0. The first kappa shape index (κ1) is 12.3. The highest BCUT2D eigenvalue weighted by molar-refractivity contribution is 5.72. The summed E-state index contributed by atoms with van der Waals surface area (Å²) < 4.78 is 7.00. The van der Waals surface area contributed by atoms with Crippen molar-refractivity contribution in [2.75, 3.05) is 7.11 Å². The summed E-state index contributed by atoms with van der Waals surface area (Å²) in [6.45, 7) is 0. The summed E-state index contributed by atoms with van der Waals surface area (Å²) in [5.41, 5.74) is 2.64. The van der Waals surface area contributed by atoms with E-state index in [2.05, 4.69) is 35.0 Å². The van der Waals surface area contributed by atoms with Crippen molar-refractivity contribution in [3.05, 3.63) is 42.2 Å².